The average Bonchev–Trinajstić information content (AvgIpc) is 2.28. The van der Waals surface area contributed by atoms with Crippen LogP contribution < -0.4 is 5.32 Å². The van der Waals surface area contributed by atoms with Crippen molar-refractivity contribution in [2.24, 2.45) is 5.41 Å². The lowest BCUT2D eigenvalue weighted by molar-refractivity contribution is -0.127. The van der Waals surface area contributed by atoms with E-state index in [0.29, 0.717) is 13.0 Å². The van der Waals surface area contributed by atoms with E-state index in [1.54, 1.807) is 13.8 Å². The second kappa shape index (κ2) is 5.24. The summed E-state index contributed by atoms with van der Waals surface area (Å²) >= 11 is 0. The fourth-order valence-electron chi connectivity index (χ4n) is 1.78. The predicted octanol–water partition coefficient (Wildman–Crippen LogP) is 0.0764. The number of carbonyl (C=O) groups is 1. The highest BCUT2D eigenvalue weighted by atomic mass is 32.2. The van der Waals surface area contributed by atoms with E-state index in [1.807, 2.05) is 6.07 Å². The van der Waals surface area contributed by atoms with Gasteiger partial charge in [-0.05, 0) is 26.7 Å². The van der Waals surface area contributed by atoms with Gasteiger partial charge < -0.3 is 5.32 Å². The van der Waals surface area contributed by atoms with Crippen LogP contribution in [0.2, 0.25) is 0 Å². The standard InChI is InChI=1S/C11H19N3O3S/c1-11(2,8-12)10(15)13-9-5-4-6-14(7-9)18(3,16)17/h9H,4-7H2,1-3H3,(H,13,15). The number of hydrogen-bond donors (Lipinski definition) is 1. The lowest BCUT2D eigenvalue weighted by atomic mass is 9.93. The Labute approximate surface area is 108 Å². The molecule has 6 nitrogen and oxygen atoms in total. The van der Waals surface area contributed by atoms with Crippen molar-refractivity contribution >= 4 is 15.9 Å². The minimum absolute atomic E-state index is 0.214. The van der Waals surface area contributed by atoms with Crippen molar-refractivity contribution in [3.63, 3.8) is 0 Å². The summed E-state index contributed by atoms with van der Waals surface area (Å²) in [6.45, 7) is 3.86. The first-order valence-corrected chi connectivity index (χ1v) is 7.69. The number of rotatable bonds is 3. The molecule has 1 saturated heterocycles. The Balaban J connectivity index is 2.65. The van der Waals surface area contributed by atoms with Crippen LogP contribution in [0.5, 0.6) is 0 Å². The normalized spacial score (nSPS) is 22.2. The first kappa shape index (κ1) is 14.9. The zero-order valence-electron chi connectivity index (χ0n) is 10.9. The van der Waals surface area contributed by atoms with E-state index in [9.17, 15) is 13.2 Å². The molecule has 0 aromatic rings. The molecule has 102 valence electrons. The summed E-state index contributed by atoms with van der Waals surface area (Å²) in [7, 11) is -3.22. The lowest BCUT2D eigenvalue weighted by Crippen LogP contribution is -2.51. The zero-order chi connectivity index (χ0) is 14.0. The van der Waals surface area contributed by atoms with Gasteiger partial charge in [-0.1, -0.05) is 0 Å². The molecule has 1 aliphatic rings. The van der Waals surface area contributed by atoms with Crippen molar-refractivity contribution in [2.75, 3.05) is 19.3 Å². The van der Waals surface area contributed by atoms with Gasteiger partial charge in [-0.2, -0.15) is 5.26 Å². The van der Waals surface area contributed by atoms with E-state index in [-0.39, 0.29) is 18.5 Å². The zero-order valence-corrected chi connectivity index (χ0v) is 11.7. The van der Waals surface area contributed by atoms with Gasteiger partial charge in [0, 0.05) is 19.1 Å². The molecule has 1 amide bonds. The summed E-state index contributed by atoms with van der Waals surface area (Å²) in [5, 5.41) is 11.6. The molecule has 1 N–H and O–H groups in total. The third-order valence-corrected chi connectivity index (χ3v) is 4.31. The van der Waals surface area contributed by atoms with Crippen LogP contribution in [0.15, 0.2) is 0 Å². The second-order valence-corrected chi connectivity index (χ2v) is 7.15. The maximum absolute atomic E-state index is 11.8. The summed E-state index contributed by atoms with van der Waals surface area (Å²) in [5.74, 6) is -0.356. The van der Waals surface area contributed by atoms with Gasteiger partial charge in [0.2, 0.25) is 15.9 Å². The summed E-state index contributed by atoms with van der Waals surface area (Å²) in [6.07, 6.45) is 2.61. The third kappa shape index (κ3) is 3.68. The van der Waals surface area contributed by atoms with Crippen LogP contribution in [0.25, 0.3) is 0 Å². The Morgan fingerprint density at radius 3 is 2.61 bits per heavy atom. The molecular weight excluding hydrogens is 254 g/mol. The molecule has 1 rings (SSSR count). The fraction of sp³-hybridized carbons (Fsp3) is 0.818. The van der Waals surface area contributed by atoms with Gasteiger partial charge >= 0.3 is 0 Å². The smallest absolute Gasteiger partial charge is 0.240 e. The average molecular weight is 273 g/mol. The van der Waals surface area contributed by atoms with Gasteiger partial charge in [0.25, 0.3) is 0 Å². The molecular formula is C11H19N3O3S. The van der Waals surface area contributed by atoms with Crippen molar-refractivity contribution in [1.82, 2.24) is 9.62 Å². The number of amides is 1. The minimum atomic E-state index is -3.22. The van der Waals surface area contributed by atoms with Gasteiger partial charge in [0.15, 0.2) is 0 Å². The minimum Gasteiger partial charge on any atom is -0.351 e. The monoisotopic (exact) mass is 273 g/mol. The Kier molecular flexibility index (Phi) is 4.35. The Bertz CT molecular complexity index is 464. The topological polar surface area (TPSA) is 90.3 Å². The molecule has 7 heteroatoms. The van der Waals surface area contributed by atoms with Gasteiger partial charge in [-0.15, -0.1) is 0 Å². The SMILES string of the molecule is CC(C)(C#N)C(=O)NC1CCCN(S(C)(=O)=O)C1. The molecule has 1 aliphatic heterocycles. The van der Waals surface area contributed by atoms with Crippen molar-refractivity contribution in [3.05, 3.63) is 0 Å². The van der Waals surface area contributed by atoms with Crippen LogP contribution in [-0.4, -0.2) is 44.0 Å². The summed E-state index contributed by atoms with van der Waals surface area (Å²) in [6, 6.07) is 1.71. The summed E-state index contributed by atoms with van der Waals surface area (Å²) < 4.78 is 24.2. The predicted molar refractivity (Wildman–Crippen MR) is 67.0 cm³/mol. The van der Waals surface area contributed by atoms with Crippen molar-refractivity contribution in [1.29, 1.82) is 5.26 Å². The first-order chi connectivity index (χ1) is 8.16. The molecule has 0 bridgehead atoms. The van der Waals surface area contributed by atoms with Crippen LogP contribution >= 0.6 is 0 Å². The molecule has 1 unspecified atom stereocenters. The first-order valence-electron chi connectivity index (χ1n) is 5.84. The van der Waals surface area contributed by atoms with E-state index >= 15 is 0 Å². The van der Waals surface area contributed by atoms with Crippen LogP contribution in [0.3, 0.4) is 0 Å². The second-order valence-electron chi connectivity index (χ2n) is 5.17. The summed E-state index contributed by atoms with van der Waals surface area (Å²) in [5.41, 5.74) is -1.09. The molecule has 0 spiro atoms. The van der Waals surface area contributed by atoms with Gasteiger partial charge in [0.05, 0.1) is 12.3 Å². The largest absolute Gasteiger partial charge is 0.351 e. The highest BCUT2D eigenvalue weighted by Crippen LogP contribution is 2.17. The van der Waals surface area contributed by atoms with Crippen LogP contribution in [0.4, 0.5) is 0 Å². The molecule has 0 aromatic carbocycles. The van der Waals surface area contributed by atoms with E-state index in [4.69, 9.17) is 5.26 Å². The van der Waals surface area contributed by atoms with Crippen molar-refractivity contribution < 1.29 is 13.2 Å². The Morgan fingerprint density at radius 1 is 1.50 bits per heavy atom. The van der Waals surface area contributed by atoms with Crippen LogP contribution in [0.1, 0.15) is 26.7 Å². The maximum Gasteiger partial charge on any atom is 0.240 e. The molecule has 0 saturated carbocycles. The number of nitrogens with zero attached hydrogens (tertiary/aromatic N) is 2. The highest BCUT2D eigenvalue weighted by molar-refractivity contribution is 7.88. The molecule has 1 heterocycles. The van der Waals surface area contributed by atoms with Crippen molar-refractivity contribution in [2.45, 2.75) is 32.7 Å². The lowest BCUT2D eigenvalue weighted by Gasteiger charge is -2.32. The number of piperidine rings is 1. The Morgan fingerprint density at radius 2 is 2.11 bits per heavy atom. The van der Waals surface area contributed by atoms with Crippen LogP contribution in [-0.2, 0) is 14.8 Å². The number of nitrogens with one attached hydrogen (secondary N) is 1. The molecule has 18 heavy (non-hydrogen) atoms. The van der Waals surface area contributed by atoms with E-state index in [1.165, 1.54) is 4.31 Å². The third-order valence-electron chi connectivity index (χ3n) is 3.04. The number of sulfonamides is 1. The van der Waals surface area contributed by atoms with Crippen molar-refractivity contribution in [3.8, 4) is 6.07 Å². The molecule has 0 aromatic heterocycles. The van der Waals surface area contributed by atoms with E-state index in [2.05, 4.69) is 5.32 Å². The number of carbonyl (C=O) groups excluding carboxylic acids is 1. The molecule has 1 fully saturated rings. The van der Waals surface area contributed by atoms with E-state index in [0.717, 1.165) is 12.7 Å². The molecule has 1 atom stereocenters. The van der Waals surface area contributed by atoms with Gasteiger partial charge in [0.1, 0.15) is 5.41 Å². The number of nitriles is 1. The highest BCUT2D eigenvalue weighted by Gasteiger charge is 2.32. The maximum atomic E-state index is 11.8. The van der Waals surface area contributed by atoms with Crippen LogP contribution in [0, 0.1) is 16.7 Å². The van der Waals surface area contributed by atoms with E-state index < -0.39 is 15.4 Å². The molecule has 0 aliphatic carbocycles. The fourth-order valence-corrected chi connectivity index (χ4v) is 2.69. The van der Waals surface area contributed by atoms with Gasteiger partial charge in [-0.25, -0.2) is 12.7 Å². The Hall–Kier alpha value is -1.13. The van der Waals surface area contributed by atoms with Gasteiger partial charge in [-0.3, -0.25) is 4.79 Å². The summed E-state index contributed by atoms with van der Waals surface area (Å²) in [4.78, 5) is 11.8. The molecule has 0 radical (unpaired) electrons. The number of hydrogen-bond acceptors (Lipinski definition) is 4. The quantitative estimate of drug-likeness (QED) is 0.788.